The summed E-state index contributed by atoms with van der Waals surface area (Å²) in [6, 6.07) is 7.66. The molecule has 1 aromatic rings. The molecule has 14 heavy (non-hydrogen) atoms. The third-order valence-electron chi connectivity index (χ3n) is 1.10. The average molecular weight is 379 g/mol. The molecule has 0 amide bonds. The number of carboxylic acid groups (broad SMARTS) is 1. The third-order valence-corrected chi connectivity index (χ3v) is 2.93. The van der Waals surface area contributed by atoms with Gasteiger partial charge in [-0.2, -0.15) is 0 Å². The number of nitrogens with zero attached hydrogens (tertiary/aromatic N) is 3. The van der Waals surface area contributed by atoms with Crippen LogP contribution < -0.4 is 3.07 Å². The topological polar surface area (TPSA) is 86.1 Å². The van der Waals surface area contributed by atoms with Gasteiger partial charge in [-0.25, -0.2) is 0 Å². The fraction of sp³-hybridized carbons (Fsp3) is 0.125. The van der Waals surface area contributed by atoms with Crippen molar-refractivity contribution in [1.82, 2.24) is 0 Å². The molecule has 1 N–H and O–H groups in total. The van der Waals surface area contributed by atoms with Gasteiger partial charge in [-0.1, -0.05) is 0 Å². The Kier molecular flexibility index (Phi) is 6.79. The Morgan fingerprint density at radius 1 is 1.50 bits per heavy atom. The molecule has 0 spiro atoms. The Morgan fingerprint density at radius 2 is 1.93 bits per heavy atom. The molecular weight excluding hydrogens is 371 g/mol. The molecule has 0 fully saturated rings. The molecule has 0 aliphatic heterocycles. The van der Waals surface area contributed by atoms with Crippen LogP contribution >= 0.6 is 0 Å². The maximum atomic E-state index is 9.00. The van der Waals surface area contributed by atoms with Crippen molar-refractivity contribution >= 4 is 14.7 Å². The molecule has 0 saturated heterocycles. The van der Waals surface area contributed by atoms with Gasteiger partial charge in [0.25, 0.3) is 5.97 Å². The summed E-state index contributed by atoms with van der Waals surface area (Å²) in [5, 5.41) is 10.9. The van der Waals surface area contributed by atoms with E-state index in [0.717, 1.165) is 6.92 Å². The minimum atomic E-state index is -0.833. The van der Waals surface area contributed by atoms with Gasteiger partial charge in [0, 0.05) is 6.92 Å². The van der Waals surface area contributed by atoms with Crippen molar-refractivity contribution in [3.8, 4) is 0 Å². The molecular formula is C8H8HgN3O2. The zero-order chi connectivity index (χ0) is 11.0. The average Bonchev–Trinajstić information content (AvgIpc) is 2.08. The van der Waals surface area contributed by atoms with Gasteiger partial charge in [0.05, 0.1) is 0 Å². The van der Waals surface area contributed by atoms with Crippen molar-refractivity contribution in [2.45, 2.75) is 6.92 Å². The van der Waals surface area contributed by atoms with E-state index >= 15 is 0 Å². The first kappa shape index (κ1) is 12.9. The number of azide groups is 1. The zero-order valence-corrected chi connectivity index (χ0v) is 13.2. The minimum absolute atomic E-state index is 0.663. The van der Waals surface area contributed by atoms with Crippen molar-refractivity contribution in [3.63, 3.8) is 0 Å². The van der Waals surface area contributed by atoms with Crippen molar-refractivity contribution in [3.05, 3.63) is 34.7 Å². The van der Waals surface area contributed by atoms with Crippen molar-refractivity contribution in [2.75, 3.05) is 0 Å². The summed E-state index contributed by atoms with van der Waals surface area (Å²) in [5.74, 6) is -0.833. The summed E-state index contributed by atoms with van der Waals surface area (Å²) in [6.45, 7) is 1.08. The van der Waals surface area contributed by atoms with Gasteiger partial charge in [0.2, 0.25) is 0 Å². The molecule has 0 saturated carbocycles. The second-order valence-corrected chi connectivity index (χ2v) is 5.55. The van der Waals surface area contributed by atoms with Crippen LogP contribution in [0.4, 0.5) is 5.69 Å². The standard InChI is InChI=1S/C6H4N3.C2H4O2.Hg/c7-9-8-6-4-2-1-3-5-6;1-2(3)4;/h2-5H;1H3,(H,3,4);. The van der Waals surface area contributed by atoms with Crippen LogP contribution in [-0.2, 0) is 30.9 Å². The summed E-state index contributed by atoms with van der Waals surface area (Å²) in [4.78, 5) is 11.7. The van der Waals surface area contributed by atoms with E-state index in [1.165, 1.54) is 3.07 Å². The second kappa shape index (κ2) is 7.35. The van der Waals surface area contributed by atoms with Gasteiger partial charge in [-0.15, -0.1) is 0 Å². The quantitative estimate of drug-likeness (QED) is 0.350. The van der Waals surface area contributed by atoms with Gasteiger partial charge in [-0.05, 0) is 0 Å². The molecule has 0 aliphatic rings. The SMILES string of the molecule is CC(=O)O.[N-]=[N+]=Nc1cc[c]([Hg])cc1. The number of rotatable bonds is 1. The Bertz CT molecular complexity index is 340. The predicted octanol–water partition coefficient (Wildman–Crippen LogP) is 1.89. The molecule has 0 aromatic heterocycles. The second-order valence-electron chi connectivity index (χ2n) is 2.37. The van der Waals surface area contributed by atoms with Gasteiger partial charge in [0.15, 0.2) is 0 Å². The molecule has 0 heterocycles. The van der Waals surface area contributed by atoms with Crippen molar-refractivity contribution in [1.29, 1.82) is 0 Å². The molecule has 0 unspecified atom stereocenters. The molecule has 0 atom stereocenters. The van der Waals surface area contributed by atoms with Crippen LogP contribution in [0.5, 0.6) is 0 Å². The first-order valence-electron chi connectivity index (χ1n) is 3.73. The maximum absolute atomic E-state index is 9.00. The normalized spacial score (nSPS) is 7.93. The first-order valence-corrected chi connectivity index (χ1v) is 6.48. The molecule has 0 radical (unpaired) electrons. The van der Waals surface area contributed by atoms with Crippen molar-refractivity contribution < 1.29 is 36.0 Å². The Balaban J connectivity index is 0.000000364. The number of carbonyl (C=O) groups is 1. The first-order chi connectivity index (χ1) is 6.56. The van der Waals surface area contributed by atoms with E-state index < -0.39 is 5.97 Å². The van der Waals surface area contributed by atoms with Gasteiger partial charge >= 0.3 is 74.7 Å². The number of benzene rings is 1. The summed E-state index contributed by atoms with van der Waals surface area (Å²) in [5.41, 5.74) is 8.75. The molecule has 0 aliphatic carbocycles. The van der Waals surface area contributed by atoms with E-state index in [1.807, 2.05) is 24.3 Å². The van der Waals surface area contributed by atoms with E-state index in [0.29, 0.717) is 31.8 Å². The molecule has 1 rings (SSSR count). The number of aliphatic carboxylic acids is 1. The third kappa shape index (κ3) is 7.58. The Labute approximate surface area is 97.3 Å². The summed E-state index contributed by atoms with van der Waals surface area (Å²) in [7, 11) is 0. The molecule has 5 nitrogen and oxygen atoms in total. The van der Waals surface area contributed by atoms with E-state index in [4.69, 9.17) is 15.4 Å². The summed E-state index contributed by atoms with van der Waals surface area (Å²) < 4.78 is 1.36. The van der Waals surface area contributed by atoms with E-state index in [1.54, 1.807) is 0 Å². The summed E-state index contributed by atoms with van der Waals surface area (Å²) >= 11 is 0.663. The zero-order valence-electron chi connectivity index (χ0n) is 7.71. The summed E-state index contributed by atoms with van der Waals surface area (Å²) in [6.07, 6.45) is 0. The Hall–Kier alpha value is -1.06. The van der Waals surface area contributed by atoms with Crippen molar-refractivity contribution in [2.24, 2.45) is 5.11 Å². The molecule has 0 bridgehead atoms. The molecule has 1 aromatic carbocycles. The van der Waals surface area contributed by atoms with Crippen LogP contribution in [-0.4, -0.2) is 11.1 Å². The Morgan fingerprint density at radius 3 is 2.29 bits per heavy atom. The number of carboxylic acids is 1. The number of hydrogen-bond donors (Lipinski definition) is 1. The van der Waals surface area contributed by atoms with Gasteiger partial charge in [-0.3, -0.25) is 4.79 Å². The van der Waals surface area contributed by atoms with E-state index in [-0.39, 0.29) is 0 Å². The van der Waals surface area contributed by atoms with Crippen LogP contribution in [0.25, 0.3) is 10.4 Å². The molecule has 6 heteroatoms. The van der Waals surface area contributed by atoms with Crippen LogP contribution in [0, 0.1) is 0 Å². The fourth-order valence-corrected chi connectivity index (χ4v) is 1.53. The number of hydrogen-bond acceptors (Lipinski definition) is 2. The van der Waals surface area contributed by atoms with E-state index in [2.05, 4.69) is 10.0 Å². The monoisotopic (exact) mass is 380 g/mol. The van der Waals surface area contributed by atoms with Gasteiger partial charge in [0.1, 0.15) is 0 Å². The fourth-order valence-electron chi connectivity index (χ4n) is 0.614. The molecule has 69 valence electrons. The van der Waals surface area contributed by atoms with Crippen LogP contribution in [0.1, 0.15) is 6.92 Å². The van der Waals surface area contributed by atoms with Crippen LogP contribution in [0.3, 0.4) is 0 Å². The van der Waals surface area contributed by atoms with Crippen LogP contribution in [0.15, 0.2) is 29.4 Å². The van der Waals surface area contributed by atoms with Gasteiger partial charge < -0.3 is 5.11 Å². The van der Waals surface area contributed by atoms with E-state index in [9.17, 15) is 0 Å². The predicted molar refractivity (Wildman–Crippen MR) is 48.2 cm³/mol. The van der Waals surface area contributed by atoms with Crippen LogP contribution in [0.2, 0.25) is 0 Å².